The number of rotatable bonds is 19. The lowest BCUT2D eigenvalue weighted by atomic mass is 10.0. The average molecular weight is 621 g/mol. The van der Waals surface area contributed by atoms with Crippen LogP contribution in [0, 0.1) is 0 Å². The lowest BCUT2D eigenvalue weighted by Gasteiger charge is -2.35. The maximum absolute atomic E-state index is 13.4. The first-order valence-electron chi connectivity index (χ1n) is 15.6. The predicted octanol–water partition coefficient (Wildman–Crippen LogP) is 0.550. The number of amides is 3. The van der Waals surface area contributed by atoms with Gasteiger partial charge in [-0.2, -0.15) is 0 Å². The summed E-state index contributed by atoms with van der Waals surface area (Å²) in [6, 6.07) is 17.6. The molecule has 0 bridgehead atoms. The van der Waals surface area contributed by atoms with Gasteiger partial charge in [-0.05, 0) is 43.4 Å². The van der Waals surface area contributed by atoms with E-state index in [-0.39, 0.29) is 18.4 Å². The number of hydrogen-bond acceptors (Lipinski definition) is 8. The van der Waals surface area contributed by atoms with Crippen LogP contribution < -0.4 is 33.6 Å². The highest BCUT2D eigenvalue weighted by Gasteiger charge is 2.28. The zero-order valence-electron chi connectivity index (χ0n) is 26.4. The van der Waals surface area contributed by atoms with Crippen LogP contribution in [0.5, 0.6) is 0 Å². The highest BCUT2D eigenvalue weighted by molar-refractivity contribution is 5.98. The Morgan fingerprint density at radius 2 is 1.58 bits per heavy atom. The number of nitrogens with two attached hydrogens (primary N) is 4. The summed E-state index contributed by atoms with van der Waals surface area (Å²) >= 11 is 0. The first kappa shape index (κ1) is 35.5. The molecular formula is C33H50N9O3+. The monoisotopic (exact) mass is 620 g/mol. The van der Waals surface area contributed by atoms with E-state index in [9.17, 15) is 14.4 Å². The van der Waals surface area contributed by atoms with Crippen molar-refractivity contribution in [2.45, 2.75) is 37.8 Å². The Morgan fingerprint density at radius 1 is 0.889 bits per heavy atom. The van der Waals surface area contributed by atoms with Gasteiger partial charge in [0.2, 0.25) is 11.8 Å². The van der Waals surface area contributed by atoms with Crippen LogP contribution in [-0.4, -0.2) is 104 Å². The summed E-state index contributed by atoms with van der Waals surface area (Å²) in [6.45, 7) is 3.59. The zero-order chi connectivity index (χ0) is 32.7. The van der Waals surface area contributed by atoms with E-state index in [0.717, 1.165) is 16.5 Å². The molecule has 0 aliphatic heterocycles. The molecule has 12 heteroatoms. The Balaban J connectivity index is 1.61. The normalized spacial score (nSPS) is 12.8. The van der Waals surface area contributed by atoms with Crippen molar-refractivity contribution in [3.05, 3.63) is 72.4 Å². The number of aryl methyl sites for hydroxylation is 1. The molecule has 1 aromatic heterocycles. The molecule has 0 aliphatic rings. The summed E-state index contributed by atoms with van der Waals surface area (Å²) in [6.07, 6.45) is 3.41. The molecule has 2 aromatic carbocycles. The van der Waals surface area contributed by atoms with Crippen LogP contribution in [0.2, 0.25) is 0 Å². The van der Waals surface area contributed by atoms with Crippen LogP contribution in [-0.2, 0) is 20.8 Å². The second-order valence-corrected chi connectivity index (χ2v) is 11.7. The fraction of sp³-hybridized carbons (Fsp3) is 0.455. The molecule has 0 fully saturated rings. The lowest BCUT2D eigenvalue weighted by Crippen LogP contribution is -2.56. The van der Waals surface area contributed by atoms with Crippen molar-refractivity contribution in [1.82, 2.24) is 15.2 Å². The average Bonchev–Trinajstić information content (AvgIpc) is 3.02. The van der Waals surface area contributed by atoms with Crippen molar-refractivity contribution >= 4 is 34.3 Å². The minimum atomic E-state index is -0.857. The third kappa shape index (κ3) is 11.5. The smallest absolute Gasteiger partial charge is 0.277 e. The molecule has 0 aliphatic carbocycles. The summed E-state index contributed by atoms with van der Waals surface area (Å²) in [4.78, 5) is 45.9. The minimum Gasteiger partial charge on any atom is -0.343 e. The van der Waals surface area contributed by atoms with E-state index in [0.29, 0.717) is 81.7 Å². The van der Waals surface area contributed by atoms with Gasteiger partial charge in [0.1, 0.15) is 6.04 Å². The van der Waals surface area contributed by atoms with Gasteiger partial charge in [-0.25, -0.2) is 0 Å². The number of likely N-dealkylation sites (N-methyl/N-ethyl adjacent to an activating group) is 1. The van der Waals surface area contributed by atoms with Gasteiger partial charge in [-0.15, -0.1) is 0 Å². The highest BCUT2D eigenvalue weighted by Crippen LogP contribution is 2.17. The fourth-order valence-electron chi connectivity index (χ4n) is 5.34. The van der Waals surface area contributed by atoms with Crippen molar-refractivity contribution in [2.24, 2.45) is 22.9 Å². The number of carbonyl (C=O) groups is 3. The van der Waals surface area contributed by atoms with E-state index in [1.807, 2.05) is 67.7 Å². The molecule has 12 nitrogen and oxygen atoms in total. The number of para-hydroxylation sites is 1. The number of fused-ring (bicyclic) bond motifs is 1. The fourth-order valence-corrected chi connectivity index (χ4v) is 5.34. The van der Waals surface area contributed by atoms with Crippen LogP contribution in [0.25, 0.3) is 10.9 Å². The molecule has 0 spiro atoms. The molecule has 0 saturated carbocycles. The Bertz CT molecular complexity index is 1370. The molecule has 3 rings (SSSR count). The van der Waals surface area contributed by atoms with E-state index in [1.54, 1.807) is 11.1 Å². The second kappa shape index (κ2) is 18.1. The number of hydrogen-bond donors (Lipinski definition) is 6. The van der Waals surface area contributed by atoms with E-state index in [1.165, 1.54) is 0 Å². The molecule has 0 unspecified atom stereocenters. The number of pyridine rings is 1. The zero-order valence-corrected chi connectivity index (χ0v) is 26.4. The largest absolute Gasteiger partial charge is 0.343 e. The third-order valence-electron chi connectivity index (χ3n) is 7.94. The van der Waals surface area contributed by atoms with E-state index >= 15 is 0 Å². The maximum atomic E-state index is 13.4. The summed E-state index contributed by atoms with van der Waals surface area (Å²) in [7, 11) is 1.97. The highest BCUT2D eigenvalue weighted by atomic mass is 16.2. The molecule has 45 heavy (non-hydrogen) atoms. The van der Waals surface area contributed by atoms with Gasteiger partial charge in [0.25, 0.3) is 5.91 Å². The first-order valence-corrected chi connectivity index (χ1v) is 15.6. The van der Waals surface area contributed by atoms with Crippen molar-refractivity contribution in [2.75, 3.05) is 64.7 Å². The van der Waals surface area contributed by atoms with E-state index in [4.69, 9.17) is 22.9 Å². The quantitative estimate of drug-likeness (QED) is 0.105. The Kier molecular flexibility index (Phi) is 14.3. The topological polar surface area (TPSA) is 195 Å². The standard InChI is InChI=1S/C33H49N9O3/c1-42(20-16-35,21-17-36)24-31(43)41(19-15-34)18-7-11-28(37)32(44)40-30(14-13-25-8-3-2-4-9-25)33(45)39-27-22-26-10-5-6-12-29(26)38-23-27/h2-6,8-10,12,22-23,28,30H,7,11,13-21,24,34-37H2,1H3,(H-,39,40,44,45)/p+1/t28-,30-/m0/s1. The molecule has 244 valence electrons. The number of anilines is 1. The Morgan fingerprint density at radius 3 is 2.27 bits per heavy atom. The molecule has 0 saturated heterocycles. The second-order valence-electron chi connectivity index (χ2n) is 11.7. The third-order valence-corrected chi connectivity index (χ3v) is 7.94. The van der Waals surface area contributed by atoms with Crippen molar-refractivity contribution in [3.63, 3.8) is 0 Å². The number of quaternary nitrogens is 1. The number of aromatic nitrogens is 1. The summed E-state index contributed by atoms with van der Waals surface area (Å²) in [5, 5.41) is 6.67. The molecular weight excluding hydrogens is 570 g/mol. The molecule has 2 atom stereocenters. The Hall–Kier alpha value is -3.94. The van der Waals surface area contributed by atoms with Crippen LogP contribution in [0.1, 0.15) is 24.8 Å². The Labute approximate surface area is 266 Å². The summed E-state index contributed by atoms with van der Waals surface area (Å²) < 4.78 is 0.455. The van der Waals surface area contributed by atoms with Gasteiger partial charge in [0.05, 0.1) is 43.6 Å². The summed E-state index contributed by atoms with van der Waals surface area (Å²) in [5.74, 6) is -0.810. The van der Waals surface area contributed by atoms with Crippen LogP contribution >= 0.6 is 0 Å². The minimum absolute atomic E-state index is 0.0382. The molecule has 1 heterocycles. The number of carbonyl (C=O) groups excluding carboxylic acids is 3. The number of nitrogens with one attached hydrogen (secondary N) is 2. The predicted molar refractivity (Wildman–Crippen MR) is 179 cm³/mol. The van der Waals surface area contributed by atoms with Gasteiger partial charge >= 0.3 is 0 Å². The SMILES string of the molecule is C[N+](CCN)(CCN)CC(=O)N(CCN)CCC[C@H](N)C(=O)N[C@@H](CCc1ccccc1)C(=O)Nc1cnc2ccccc2c1. The molecule has 3 amide bonds. The van der Waals surface area contributed by atoms with Crippen molar-refractivity contribution < 1.29 is 18.9 Å². The van der Waals surface area contributed by atoms with Gasteiger partial charge < -0.3 is 43.0 Å². The van der Waals surface area contributed by atoms with Gasteiger partial charge in [0.15, 0.2) is 6.54 Å². The number of benzene rings is 2. The van der Waals surface area contributed by atoms with Gasteiger partial charge in [-0.3, -0.25) is 19.4 Å². The first-order chi connectivity index (χ1) is 21.7. The maximum Gasteiger partial charge on any atom is 0.277 e. The molecule has 0 radical (unpaired) electrons. The van der Waals surface area contributed by atoms with E-state index in [2.05, 4.69) is 15.6 Å². The van der Waals surface area contributed by atoms with Gasteiger partial charge in [-0.1, -0.05) is 48.5 Å². The van der Waals surface area contributed by atoms with Gasteiger partial charge in [0, 0.05) is 38.1 Å². The van der Waals surface area contributed by atoms with Crippen LogP contribution in [0.15, 0.2) is 66.9 Å². The lowest BCUT2D eigenvalue weighted by molar-refractivity contribution is -0.899. The molecule has 10 N–H and O–H groups in total. The van der Waals surface area contributed by atoms with Crippen molar-refractivity contribution in [1.29, 1.82) is 0 Å². The molecule has 3 aromatic rings. The van der Waals surface area contributed by atoms with Crippen molar-refractivity contribution in [3.8, 4) is 0 Å². The summed E-state index contributed by atoms with van der Waals surface area (Å²) in [5.41, 5.74) is 26.1. The number of nitrogens with zero attached hydrogens (tertiary/aromatic N) is 3. The van der Waals surface area contributed by atoms with Crippen LogP contribution in [0.4, 0.5) is 5.69 Å². The van der Waals surface area contributed by atoms with Crippen LogP contribution in [0.3, 0.4) is 0 Å². The van der Waals surface area contributed by atoms with E-state index < -0.39 is 18.0 Å².